The number of hydrogen-bond donors (Lipinski definition) is 2. The van der Waals surface area contributed by atoms with Gasteiger partial charge in [0.05, 0.1) is 11.1 Å². The Labute approximate surface area is 140 Å². The summed E-state index contributed by atoms with van der Waals surface area (Å²) in [6.07, 6.45) is 0.00890. The number of benzene rings is 1. The molecule has 2 N–H and O–H groups in total. The van der Waals surface area contributed by atoms with E-state index in [1.165, 1.54) is 0 Å². The minimum Gasteiger partial charge on any atom is -0.362 e. The number of amides is 3. The fraction of sp³-hybridized carbons (Fsp3) is 0.375. The van der Waals surface area contributed by atoms with Gasteiger partial charge in [-0.3, -0.25) is 19.3 Å². The number of carbonyl (C=O) groups excluding carboxylic acids is 3. The van der Waals surface area contributed by atoms with E-state index in [4.69, 9.17) is 12.2 Å². The Hall–Kier alpha value is -2.28. The molecule has 6 nitrogen and oxygen atoms in total. The molecule has 1 aromatic rings. The second-order valence-corrected chi connectivity index (χ2v) is 6.12. The van der Waals surface area contributed by atoms with Crippen molar-refractivity contribution in [2.75, 3.05) is 13.1 Å². The van der Waals surface area contributed by atoms with Gasteiger partial charge in [0.1, 0.15) is 0 Å². The molecule has 1 aliphatic rings. The van der Waals surface area contributed by atoms with Crippen LogP contribution in [0.5, 0.6) is 0 Å². The Morgan fingerprint density at radius 3 is 2.26 bits per heavy atom. The van der Waals surface area contributed by atoms with Crippen molar-refractivity contribution in [3.8, 4) is 0 Å². The highest BCUT2D eigenvalue weighted by Gasteiger charge is 2.34. The Morgan fingerprint density at radius 1 is 1.17 bits per heavy atom. The summed E-state index contributed by atoms with van der Waals surface area (Å²) in [5, 5.41) is 5.72. The molecule has 0 aromatic heterocycles. The molecule has 2 rings (SSSR count). The van der Waals surface area contributed by atoms with E-state index < -0.39 is 0 Å². The molecule has 1 heterocycles. The lowest BCUT2D eigenvalue weighted by molar-refractivity contribution is -0.119. The molecule has 0 unspecified atom stereocenters. The van der Waals surface area contributed by atoms with Crippen LogP contribution in [0.25, 0.3) is 0 Å². The largest absolute Gasteiger partial charge is 0.362 e. The monoisotopic (exact) mass is 333 g/mol. The molecule has 0 spiro atoms. The summed E-state index contributed by atoms with van der Waals surface area (Å²) in [7, 11) is 0. The minimum absolute atomic E-state index is 0.00890. The predicted octanol–water partition coefficient (Wildman–Crippen LogP) is 1.32. The molecular formula is C16H19N3O3S. The fourth-order valence-electron chi connectivity index (χ4n) is 2.19. The fourth-order valence-corrected chi connectivity index (χ4v) is 2.38. The van der Waals surface area contributed by atoms with Crippen molar-refractivity contribution in [2.24, 2.45) is 5.92 Å². The highest BCUT2D eigenvalue weighted by atomic mass is 32.1. The predicted molar refractivity (Wildman–Crippen MR) is 90.0 cm³/mol. The molecule has 122 valence electrons. The molecule has 1 aromatic carbocycles. The van der Waals surface area contributed by atoms with Gasteiger partial charge in [0.25, 0.3) is 11.8 Å². The Morgan fingerprint density at radius 2 is 1.74 bits per heavy atom. The van der Waals surface area contributed by atoms with Crippen LogP contribution in [-0.4, -0.2) is 40.8 Å². The molecular weight excluding hydrogens is 314 g/mol. The van der Waals surface area contributed by atoms with E-state index >= 15 is 0 Å². The molecule has 0 bridgehead atoms. The average molecular weight is 333 g/mol. The third-order valence-corrected chi connectivity index (χ3v) is 3.61. The number of carbonyl (C=O) groups is 3. The van der Waals surface area contributed by atoms with Gasteiger partial charge in [-0.15, -0.1) is 0 Å². The van der Waals surface area contributed by atoms with Gasteiger partial charge < -0.3 is 10.6 Å². The Bertz CT molecular complexity index is 623. The highest BCUT2D eigenvalue weighted by Crippen LogP contribution is 2.22. The summed E-state index contributed by atoms with van der Waals surface area (Å²) < 4.78 is 0. The minimum atomic E-state index is -0.362. The van der Waals surface area contributed by atoms with Crippen LogP contribution < -0.4 is 10.6 Å². The maximum absolute atomic E-state index is 12.2. The number of imide groups is 1. The van der Waals surface area contributed by atoms with Gasteiger partial charge in [-0.05, 0) is 30.3 Å². The molecule has 0 aliphatic carbocycles. The lowest BCUT2D eigenvalue weighted by Gasteiger charge is -2.14. The zero-order valence-electron chi connectivity index (χ0n) is 13.1. The summed E-state index contributed by atoms with van der Waals surface area (Å²) in [5.41, 5.74) is 0.763. The van der Waals surface area contributed by atoms with Crippen molar-refractivity contribution in [1.29, 1.82) is 0 Å². The maximum Gasteiger partial charge on any atom is 0.261 e. The van der Waals surface area contributed by atoms with Gasteiger partial charge in [-0.25, -0.2) is 0 Å². The van der Waals surface area contributed by atoms with Crippen molar-refractivity contribution < 1.29 is 14.4 Å². The van der Waals surface area contributed by atoms with Gasteiger partial charge in [0, 0.05) is 19.5 Å². The molecule has 1 aliphatic heterocycles. The van der Waals surface area contributed by atoms with Crippen LogP contribution in [0.4, 0.5) is 0 Å². The number of hydrogen-bond acceptors (Lipinski definition) is 4. The summed E-state index contributed by atoms with van der Waals surface area (Å²) in [6.45, 7) is 4.75. The van der Waals surface area contributed by atoms with Crippen LogP contribution in [0.1, 0.15) is 41.0 Å². The molecule has 7 heteroatoms. The van der Waals surface area contributed by atoms with E-state index in [-0.39, 0.29) is 35.8 Å². The lowest BCUT2D eigenvalue weighted by Crippen LogP contribution is -2.42. The van der Waals surface area contributed by atoms with Gasteiger partial charge in [0.2, 0.25) is 5.91 Å². The summed E-state index contributed by atoms with van der Waals surface area (Å²) in [6, 6.07) is 6.64. The second kappa shape index (κ2) is 7.32. The Kier molecular flexibility index (Phi) is 5.44. The van der Waals surface area contributed by atoms with E-state index in [2.05, 4.69) is 10.6 Å². The Balaban J connectivity index is 1.85. The van der Waals surface area contributed by atoms with Gasteiger partial charge in [0.15, 0.2) is 5.11 Å². The van der Waals surface area contributed by atoms with Gasteiger partial charge in [-0.2, -0.15) is 0 Å². The quantitative estimate of drug-likeness (QED) is 0.628. The van der Waals surface area contributed by atoms with Crippen LogP contribution in [0, 0.1) is 5.92 Å². The number of thiocarbonyl (C=S) groups is 1. The topological polar surface area (TPSA) is 78.5 Å². The normalized spacial score (nSPS) is 13.3. The molecule has 3 amide bonds. The van der Waals surface area contributed by atoms with Crippen molar-refractivity contribution >= 4 is 35.1 Å². The summed E-state index contributed by atoms with van der Waals surface area (Å²) in [4.78, 5) is 37.3. The molecule has 0 radical (unpaired) electrons. The number of nitrogens with zero attached hydrogens (tertiary/aromatic N) is 1. The number of nitrogens with one attached hydrogen (secondary N) is 2. The van der Waals surface area contributed by atoms with E-state index in [0.29, 0.717) is 23.6 Å². The highest BCUT2D eigenvalue weighted by molar-refractivity contribution is 7.80. The SMILES string of the molecule is CC(C)CNC(=S)NC(=O)CCN1C(=O)c2ccccc2C1=O. The van der Waals surface area contributed by atoms with Crippen LogP contribution in [0.3, 0.4) is 0 Å². The molecule has 0 saturated heterocycles. The molecule has 0 fully saturated rings. The van der Waals surface area contributed by atoms with E-state index in [0.717, 1.165) is 4.90 Å². The molecule has 23 heavy (non-hydrogen) atoms. The van der Waals surface area contributed by atoms with Crippen LogP contribution in [0.15, 0.2) is 24.3 Å². The maximum atomic E-state index is 12.2. The zero-order valence-corrected chi connectivity index (χ0v) is 13.9. The zero-order chi connectivity index (χ0) is 17.0. The smallest absolute Gasteiger partial charge is 0.261 e. The van der Waals surface area contributed by atoms with Gasteiger partial charge in [-0.1, -0.05) is 26.0 Å². The number of rotatable bonds is 5. The third-order valence-electron chi connectivity index (χ3n) is 3.36. The van der Waals surface area contributed by atoms with Crippen molar-refractivity contribution in [3.05, 3.63) is 35.4 Å². The summed E-state index contributed by atoms with van der Waals surface area (Å²) >= 11 is 5.01. The molecule has 0 saturated carbocycles. The first-order chi connectivity index (χ1) is 10.9. The van der Waals surface area contributed by atoms with Crippen molar-refractivity contribution in [1.82, 2.24) is 15.5 Å². The molecule has 0 atom stereocenters. The standard InChI is InChI=1S/C16H19N3O3S/c1-10(2)9-17-16(23)18-13(20)7-8-19-14(21)11-5-3-4-6-12(11)15(19)22/h3-6,10H,7-9H2,1-2H3,(H2,17,18,20,23). The first-order valence-corrected chi connectivity index (χ1v) is 7.84. The lowest BCUT2D eigenvalue weighted by atomic mass is 10.1. The number of fused-ring (bicyclic) bond motifs is 1. The van der Waals surface area contributed by atoms with Crippen LogP contribution in [-0.2, 0) is 4.79 Å². The van der Waals surface area contributed by atoms with E-state index in [9.17, 15) is 14.4 Å². The first kappa shape index (κ1) is 17.1. The average Bonchev–Trinajstić information content (AvgIpc) is 2.75. The third kappa shape index (κ3) is 4.13. The van der Waals surface area contributed by atoms with Crippen LogP contribution in [0.2, 0.25) is 0 Å². The van der Waals surface area contributed by atoms with E-state index in [1.54, 1.807) is 24.3 Å². The van der Waals surface area contributed by atoms with Crippen LogP contribution >= 0.6 is 12.2 Å². The van der Waals surface area contributed by atoms with E-state index in [1.807, 2.05) is 13.8 Å². The van der Waals surface area contributed by atoms with Gasteiger partial charge >= 0.3 is 0 Å². The van der Waals surface area contributed by atoms with Crippen molar-refractivity contribution in [2.45, 2.75) is 20.3 Å². The summed E-state index contributed by atoms with van der Waals surface area (Å²) in [5.74, 6) is -0.649. The second-order valence-electron chi connectivity index (χ2n) is 5.71. The van der Waals surface area contributed by atoms with Crippen molar-refractivity contribution in [3.63, 3.8) is 0 Å². The first-order valence-electron chi connectivity index (χ1n) is 7.43.